The number of carbonyl (C=O) groups excluding carboxylic acids is 2. The van der Waals surface area contributed by atoms with Crippen molar-refractivity contribution in [3.05, 3.63) is 0 Å². The van der Waals surface area contributed by atoms with Gasteiger partial charge in [-0.2, -0.15) is 0 Å². The maximum absolute atomic E-state index is 12.7. The Balaban J connectivity index is 5.01. The summed E-state index contributed by atoms with van der Waals surface area (Å²) in [6, 6.07) is 0. The van der Waals surface area contributed by atoms with Crippen LogP contribution < -0.4 is 0 Å². The summed E-state index contributed by atoms with van der Waals surface area (Å²) in [6.45, 7) is 15.8. The fraction of sp³-hybridized carbons (Fsp3) is 0.889. The fourth-order valence-corrected chi connectivity index (χ4v) is 2.69. The van der Waals surface area contributed by atoms with Crippen LogP contribution in [0.3, 0.4) is 0 Å². The summed E-state index contributed by atoms with van der Waals surface area (Å²) in [5, 5.41) is 0. The quantitative estimate of drug-likeness (QED) is 0.457. The predicted molar refractivity (Wildman–Crippen MR) is 93.3 cm³/mol. The zero-order valence-corrected chi connectivity index (χ0v) is 16.0. The second-order valence-electron chi connectivity index (χ2n) is 7.79. The van der Waals surface area contributed by atoms with E-state index in [2.05, 4.69) is 0 Å². The van der Waals surface area contributed by atoms with Crippen molar-refractivity contribution in [2.75, 3.05) is 6.61 Å². The maximum atomic E-state index is 12.7. The van der Waals surface area contributed by atoms with E-state index in [-0.39, 0.29) is 23.9 Å². The van der Waals surface area contributed by atoms with Crippen LogP contribution in [0.25, 0.3) is 0 Å². The van der Waals surface area contributed by atoms with Gasteiger partial charge < -0.3 is 14.3 Å². The van der Waals surface area contributed by atoms with E-state index in [4.69, 9.17) is 17.3 Å². The third-order valence-corrected chi connectivity index (χ3v) is 3.96. The molecule has 0 aliphatic carbocycles. The summed E-state index contributed by atoms with van der Waals surface area (Å²) in [5.41, 5.74) is -1.09. The third kappa shape index (κ3) is 8.00. The third-order valence-electron chi connectivity index (χ3n) is 3.96. The number of esters is 1. The van der Waals surface area contributed by atoms with Gasteiger partial charge in [-0.3, -0.25) is 4.79 Å². The molecule has 0 aromatic rings. The average molecular weight is 324 g/mol. The van der Waals surface area contributed by atoms with Gasteiger partial charge in [-0.15, -0.1) is 0 Å². The van der Waals surface area contributed by atoms with Gasteiger partial charge in [0, 0.05) is 12.3 Å². The molecule has 0 aliphatic rings. The largest absolute Gasteiger partial charge is 0.459 e. The highest BCUT2D eigenvalue weighted by Crippen LogP contribution is 2.31. The molecule has 0 saturated heterocycles. The lowest BCUT2D eigenvalue weighted by Crippen LogP contribution is -2.41. The Morgan fingerprint density at radius 1 is 0.957 bits per heavy atom. The van der Waals surface area contributed by atoms with Crippen molar-refractivity contribution < 1.29 is 19.1 Å². The van der Waals surface area contributed by atoms with Crippen molar-refractivity contribution in [3.8, 4) is 0 Å². The molecule has 0 bridgehead atoms. The van der Waals surface area contributed by atoms with Crippen LogP contribution in [0.15, 0.2) is 0 Å². The van der Waals surface area contributed by atoms with Gasteiger partial charge in [0.2, 0.25) is 0 Å². The second-order valence-corrected chi connectivity index (χ2v) is 7.79. The average Bonchev–Trinajstić information content (AvgIpc) is 2.32. The molecule has 0 amide bonds. The van der Waals surface area contributed by atoms with Gasteiger partial charge in [0.05, 0.1) is 24.3 Å². The SMILES string of the molecule is [B]C(=O)C(C(C)C)C(C(=O)OC(C)(C)CCOC(C)C)C(C)C. The highest BCUT2D eigenvalue weighted by molar-refractivity contribution is 6.58. The molecule has 0 heterocycles. The predicted octanol–water partition coefficient (Wildman–Crippen LogP) is 3.36. The summed E-state index contributed by atoms with van der Waals surface area (Å²) in [4.78, 5) is 24.5. The van der Waals surface area contributed by atoms with Crippen molar-refractivity contribution in [2.24, 2.45) is 23.7 Å². The van der Waals surface area contributed by atoms with E-state index in [1.165, 1.54) is 0 Å². The van der Waals surface area contributed by atoms with Gasteiger partial charge in [0.15, 0.2) is 7.85 Å². The topological polar surface area (TPSA) is 52.6 Å². The summed E-state index contributed by atoms with van der Waals surface area (Å²) >= 11 is 0. The number of hydrogen-bond donors (Lipinski definition) is 0. The van der Waals surface area contributed by atoms with Crippen LogP contribution in [0.5, 0.6) is 0 Å². The summed E-state index contributed by atoms with van der Waals surface area (Å²) in [6.07, 6.45) is 0.745. The van der Waals surface area contributed by atoms with Gasteiger partial charge in [0.25, 0.3) is 0 Å². The van der Waals surface area contributed by atoms with Crippen LogP contribution >= 0.6 is 0 Å². The van der Waals surface area contributed by atoms with Crippen LogP contribution in [-0.4, -0.2) is 37.8 Å². The fourth-order valence-electron chi connectivity index (χ4n) is 2.69. The Labute approximate surface area is 143 Å². The maximum Gasteiger partial charge on any atom is 0.310 e. The standard InChI is InChI=1S/C18H33BO4/c1-11(2)14(16(19)20)15(12(3)4)17(21)23-18(7,8)9-10-22-13(5)6/h11-15H,9-10H2,1-8H3. The molecule has 0 fully saturated rings. The number of hydrogen-bond acceptors (Lipinski definition) is 4. The van der Waals surface area contributed by atoms with Crippen LogP contribution in [0, 0.1) is 23.7 Å². The van der Waals surface area contributed by atoms with E-state index in [1.54, 1.807) is 0 Å². The Bertz CT molecular complexity index is 388. The van der Waals surface area contributed by atoms with Crippen molar-refractivity contribution in [3.63, 3.8) is 0 Å². The Morgan fingerprint density at radius 2 is 1.43 bits per heavy atom. The van der Waals surface area contributed by atoms with Crippen LogP contribution in [0.2, 0.25) is 0 Å². The van der Waals surface area contributed by atoms with Crippen molar-refractivity contribution in [1.82, 2.24) is 0 Å². The van der Waals surface area contributed by atoms with Crippen molar-refractivity contribution in [1.29, 1.82) is 0 Å². The van der Waals surface area contributed by atoms with Gasteiger partial charge in [-0.25, -0.2) is 0 Å². The molecule has 0 spiro atoms. The van der Waals surface area contributed by atoms with Gasteiger partial charge in [-0.05, 0) is 39.5 Å². The normalized spacial score (nSPS) is 15.1. The Kier molecular flexibility index (Phi) is 9.11. The van der Waals surface area contributed by atoms with Gasteiger partial charge >= 0.3 is 5.97 Å². The molecule has 0 N–H and O–H groups in total. The van der Waals surface area contributed by atoms with Crippen LogP contribution in [-0.2, 0) is 19.1 Å². The Morgan fingerprint density at radius 3 is 1.78 bits per heavy atom. The lowest BCUT2D eigenvalue weighted by molar-refractivity contribution is -0.169. The molecule has 4 nitrogen and oxygen atoms in total. The van der Waals surface area contributed by atoms with E-state index in [0.717, 1.165) is 0 Å². The molecule has 5 heteroatoms. The molecule has 0 saturated carbocycles. The van der Waals surface area contributed by atoms with Crippen LogP contribution in [0.4, 0.5) is 0 Å². The number of carbonyl (C=O) groups is 2. The highest BCUT2D eigenvalue weighted by atomic mass is 16.6. The smallest absolute Gasteiger partial charge is 0.310 e. The number of ether oxygens (including phenoxy) is 2. The minimum Gasteiger partial charge on any atom is -0.459 e. The van der Waals surface area contributed by atoms with Crippen molar-refractivity contribution >= 4 is 19.5 Å². The van der Waals surface area contributed by atoms with Gasteiger partial charge in [0.1, 0.15) is 5.60 Å². The molecule has 2 radical (unpaired) electrons. The molecular formula is C18H33BO4. The zero-order chi connectivity index (χ0) is 18.4. The molecule has 0 aromatic carbocycles. The molecular weight excluding hydrogens is 291 g/mol. The lowest BCUT2D eigenvalue weighted by Gasteiger charge is -2.34. The van der Waals surface area contributed by atoms with E-state index < -0.39 is 23.1 Å². The minimum atomic E-state index is -0.641. The number of rotatable bonds is 10. The lowest BCUT2D eigenvalue weighted by atomic mass is 9.70. The van der Waals surface area contributed by atoms with E-state index in [0.29, 0.717) is 13.0 Å². The molecule has 0 rings (SSSR count). The first-order valence-electron chi connectivity index (χ1n) is 8.52. The zero-order valence-electron chi connectivity index (χ0n) is 16.0. The highest BCUT2D eigenvalue weighted by Gasteiger charge is 2.38. The summed E-state index contributed by atoms with van der Waals surface area (Å²) in [7, 11) is 5.52. The monoisotopic (exact) mass is 324 g/mol. The summed E-state index contributed by atoms with van der Waals surface area (Å²) in [5.74, 6) is -1.44. The minimum absolute atomic E-state index is 0.0140. The molecule has 0 aliphatic heterocycles. The molecule has 2 atom stereocenters. The van der Waals surface area contributed by atoms with E-state index >= 15 is 0 Å². The summed E-state index contributed by atoms with van der Waals surface area (Å²) < 4.78 is 11.2. The Hall–Kier alpha value is -0.835. The molecule has 2 unspecified atom stereocenters. The van der Waals surface area contributed by atoms with Crippen molar-refractivity contribution in [2.45, 2.75) is 73.5 Å². The first-order chi connectivity index (χ1) is 10.4. The first-order valence-corrected chi connectivity index (χ1v) is 8.52. The van der Waals surface area contributed by atoms with Crippen LogP contribution in [0.1, 0.15) is 61.8 Å². The van der Waals surface area contributed by atoms with E-state index in [1.807, 2.05) is 55.4 Å². The molecule has 23 heavy (non-hydrogen) atoms. The first kappa shape index (κ1) is 22.2. The second kappa shape index (κ2) is 9.46. The molecule has 0 aromatic heterocycles. The molecule has 132 valence electrons. The van der Waals surface area contributed by atoms with E-state index in [9.17, 15) is 9.59 Å². The van der Waals surface area contributed by atoms with Gasteiger partial charge in [-0.1, -0.05) is 27.7 Å².